The summed E-state index contributed by atoms with van der Waals surface area (Å²) in [4.78, 5) is 37.2. The second-order valence-corrected chi connectivity index (χ2v) is 6.52. The predicted octanol–water partition coefficient (Wildman–Crippen LogP) is 0.526. The fourth-order valence-corrected chi connectivity index (χ4v) is 3.23. The molecule has 0 radical (unpaired) electrons. The third-order valence-corrected chi connectivity index (χ3v) is 4.47. The predicted molar refractivity (Wildman–Crippen MR) is 94.2 cm³/mol. The summed E-state index contributed by atoms with van der Waals surface area (Å²) < 4.78 is 13.8. The van der Waals surface area contributed by atoms with Gasteiger partial charge in [0.05, 0.1) is 6.42 Å². The van der Waals surface area contributed by atoms with Crippen molar-refractivity contribution in [1.29, 1.82) is 0 Å². The lowest BCUT2D eigenvalue weighted by atomic mass is 10.0. The van der Waals surface area contributed by atoms with Gasteiger partial charge in [-0.2, -0.15) is 0 Å². The lowest BCUT2D eigenvalue weighted by Crippen LogP contribution is -2.48. The molecule has 1 amide bonds. The van der Waals surface area contributed by atoms with Gasteiger partial charge in [-0.1, -0.05) is 18.2 Å². The largest absolute Gasteiger partial charge is 0.352 e. The number of nitrogens with one attached hydrogen (secondary N) is 3. The average Bonchev–Trinajstić information content (AvgIpc) is 2.60. The number of nitrogens with zero attached hydrogens (tertiary/aromatic N) is 1. The van der Waals surface area contributed by atoms with Crippen molar-refractivity contribution in [2.24, 2.45) is 0 Å². The molecular weight excluding hydrogens is 339 g/mol. The minimum Gasteiger partial charge on any atom is -0.352 e. The van der Waals surface area contributed by atoms with Crippen molar-refractivity contribution in [3.8, 4) is 0 Å². The third kappa shape index (κ3) is 4.66. The van der Waals surface area contributed by atoms with Gasteiger partial charge in [0.2, 0.25) is 5.91 Å². The number of hydrogen-bond acceptors (Lipinski definition) is 4. The van der Waals surface area contributed by atoms with E-state index in [-0.39, 0.29) is 29.8 Å². The second kappa shape index (κ2) is 8.09. The summed E-state index contributed by atoms with van der Waals surface area (Å²) in [6.07, 6.45) is 1.57. The van der Waals surface area contributed by atoms with E-state index < -0.39 is 11.1 Å². The quantitative estimate of drug-likeness (QED) is 0.724. The molecule has 1 fully saturated rings. The van der Waals surface area contributed by atoms with Crippen molar-refractivity contribution >= 4 is 5.91 Å². The SMILES string of the molecule is O=C(Cc1cc(=O)[nH][nH]c1=O)N[C@@H]1CCCN(Cc2ccccc2F)C1. The first-order chi connectivity index (χ1) is 12.5. The zero-order valence-corrected chi connectivity index (χ0v) is 14.3. The van der Waals surface area contributed by atoms with E-state index >= 15 is 0 Å². The number of aromatic nitrogens is 2. The van der Waals surface area contributed by atoms with Gasteiger partial charge in [0.1, 0.15) is 5.82 Å². The van der Waals surface area contributed by atoms with Crippen LogP contribution < -0.4 is 16.4 Å². The second-order valence-electron chi connectivity index (χ2n) is 6.52. The molecule has 0 unspecified atom stereocenters. The van der Waals surface area contributed by atoms with Crippen LogP contribution in [0.15, 0.2) is 39.9 Å². The molecule has 1 aliphatic rings. The summed E-state index contributed by atoms with van der Waals surface area (Å²) >= 11 is 0. The molecule has 0 saturated carbocycles. The molecule has 1 aromatic heterocycles. The van der Waals surface area contributed by atoms with E-state index in [1.54, 1.807) is 18.2 Å². The lowest BCUT2D eigenvalue weighted by Gasteiger charge is -2.33. The molecule has 1 aliphatic heterocycles. The molecule has 1 saturated heterocycles. The molecule has 8 heteroatoms. The van der Waals surface area contributed by atoms with Gasteiger partial charge >= 0.3 is 0 Å². The molecule has 138 valence electrons. The van der Waals surface area contributed by atoms with Gasteiger partial charge in [-0.3, -0.25) is 29.5 Å². The van der Waals surface area contributed by atoms with E-state index in [0.29, 0.717) is 18.7 Å². The minimum absolute atomic E-state index is 0.0656. The van der Waals surface area contributed by atoms with Crippen LogP contribution in [0.3, 0.4) is 0 Å². The molecule has 3 N–H and O–H groups in total. The number of amides is 1. The van der Waals surface area contributed by atoms with Gasteiger partial charge in [0.15, 0.2) is 0 Å². The number of likely N-dealkylation sites (tertiary alicyclic amines) is 1. The highest BCUT2D eigenvalue weighted by Gasteiger charge is 2.22. The Labute approximate surface area is 149 Å². The number of benzene rings is 1. The lowest BCUT2D eigenvalue weighted by molar-refractivity contribution is -0.121. The first kappa shape index (κ1) is 18.1. The van der Waals surface area contributed by atoms with Crippen LogP contribution >= 0.6 is 0 Å². The maximum absolute atomic E-state index is 13.8. The number of carbonyl (C=O) groups excluding carboxylic acids is 1. The van der Waals surface area contributed by atoms with Crippen LogP contribution in [0.5, 0.6) is 0 Å². The van der Waals surface area contributed by atoms with Gasteiger partial charge in [0.25, 0.3) is 11.1 Å². The van der Waals surface area contributed by atoms with Crippen LogP contribution in [0.4, 0.5) is 4.39 Å². The molecule has 2 aromatic rings. The fraction of sp³-hybridized carbons (Fsp3) is 0.389. The van der Waals surface area contributed by atoms with Crippen molar-refractivity contribution in [3.63, 3.8) is 0 Å². The van der Waals surface area contributed by atoms with Crippen molar-refractivity contribution < 1.29 is 9.18 Å². The average molecular weight is 360 g/mol. The number of hydrogen-bond donors (Lipinski definition) is 3. The standard InChI is InChI=1S/C18H21FN4O3/c19-15-6-2-1-4-12(15)10-23-7-3-5-14(11-23)20-16(24)8-13-9-17(25)21-22-18(13)26/h1-2,4,6,9,14H,3,5,7-8,10-11H2,(H,20,24)(H,21,25)(H,22,26)/t14-/m1/s1. The van der Waals surface area contributed by atoms with Crippen LogP contribution in [0.2, 0.25) is 0 Å². The number of piperidine rings is 1. The molecule has 1 atom stereocenters. The van der Waals surface area contributed by atoms with Crippen LogP contribution in [0.25, 0.3) is 0 Å². The van der Waals surface area contributed by atoms with Crippen LogP contribution in [0, 0.1) is 5.82 Å². The van der Waals surface area contributed by atoms with E-state index in [9.17, 15) is 18.8 Å². The molecule has 2 heterocycles. The Kier molecular flexibility index (Phi) is 5.62. The van der Waals surface area contributed by atoms with E-state index in [4.69, 9.17) is 0 Å². The molecular formula is C18H21FN4O3. The molecule has 0 aliphatic carbocycles. The molecule has 26 heavy (non-hydrogen) atoms. The zero-order valence-electron chi connectivity index (χ0n) is 14.3. The van der Waals surface area contributed by atoms with Crippen LogP contribution in [0.1, 0.15) is 24.0 Å². The van der Waals surface area contributed by atoms with Gasteiger partial charge in [-0.25, -0.2) is 4.39 Å². The maximum atomic E-state index is 13.8. The Balaban J connectivity index is 1.57. The van der Waals surface area contributed by atoms with E-state index in [1.165, 1.54) is 6.07 Å². The summed E-state index contributed by atoms with van der Waals surface area (Å²) in [5, 5.41) is 7.27. The van der Waals surface area contributed by atoms with E-state index in [0.717, 1.165) is 25.5 Å². The third-order valence-electron chi connectivity index (χ3n) is 4.47. The Morgan fingerprint density at radius 2 is 2.04 bits per heavy atom. The first-order valence-electron chi connectivity index (χ1n) is 8.57. The van der Waals surface area contributed by atoms with Crippen molar-refractivity contribution in [1.82, 2.24) is 20.4 Å². The fourth-order valence-electron chi connectivity index (χ4n) is 3.23. The van der Waals surface area contributed by atoms with Gasteiger partial charge in [0, 0.05) is 36.3 Å². The number of aromatic amines is 2. The monoisotopic (exact) mass is 360 g/mol. The van der Waals surface area contributed by atoms with Crippen LogP contribution in [-0.2, 0) is 17.8 Å². The number of rotatable bonds is 5. The summed E-state index contributed by atoms with van der Waals surface area (Å²) in [7, 11) is 0. The maximum Gasteiger partial charge on any atom is 0.266 e. The highest BCUT2D eigenvalue weighted by atomic mass is 19.1. The van der Waals surface area contributed by atoms with Gasteiger partial charge < -0.3 is 5.32 Å². The molecule has 0 spiro atoms. The molecule has 7 nitrogen and oxygen atoms in total. The highest BCUT2D eigenvalue weighted by molar-refractivity contribution is 5.78. The number of carbonyl (C=O) groups is 1. The number of halogens is 1. The Bertz CT molecular complexity index is 892. The minimum atomic E-state index is -0.482. The summed E-state index contributed by atoms with van der Waals surface area (Å²) in [5.41, 5.74) is -0.175. The number of H-pyrrole nitrogens is 2. The Morgan fingerprint density at radius 1 is 1.23 bits per heavy atom. The summed E-state index contributed by atoms with van der Waals surface area (Å²) in [6, 6.07) is 7.73. The van der Waals surface area contributed by atoms with Crippen molar-refractivity contribution in [2.75, 3.05) is 13.1 Å². The zero-order chi connectivity index (χ0) is 18.5. The molecule has 1 aromatic carbocycles. The van der Waals surface area contributed by atoms with E-state index in [2.05, 4.69) is 20.4 Å². The highest BCUT2D eigenvalue weighted by Crippen LogP contribution is 2.15. The van der Waals surface area contributed by atoms with Crippen molar-refractivity contribution in [2.45, 2.75) is 31.8 Å². The molecule has 3 rings (SSSR count). The summed E-state index contributed by atoms with van der Waals surface area (Å²) in [5.74, 6) is -0.536. The topological polar surface area (TPSA) is 98.1 Å². The van der Waals surface area contributed by atoms with Crippen molar-refractivity contribution in [3.05, 3.63) is 68.0 Å². The first-order valence-corrected chi connectivity index (χ1v) is 8.57. The van der Waals surface area contributed by atoms with Gasteiger partial charge in [-0.15, -0.1) is 0 Å². The smallest absolute Gasteiger partial charge is 0.266 e. The van der Waals surface area contributed by atoms with Gasteiger partial charge in [-0.05, 0) is 25.5 Å². The normalized spacial score (nSPS) is 17.8. The van der Waals surface area contributed by atoms with Crippen LogP contribution in [-0.4, -0.2) is 40.1 Å². The summed E-state index contributed by atoms with van der Waals surface area (Å²) in [6.45, 7) is 1.95. The van der Waals surface area contributed by atoms with E-state index in [1.807, 2.05) is 0 Å². The Hall–Kier alpha value is -2.74. The Morgan fingerprint density at radius 3 is 2.85 bits per heavy atom. The molecule has 0 bridgehead atoms.